The molecule has 0 unspecified atom stereocenters. The molecule has 6 rings (SSSR count). The predicted octanol–water partition coefficient (Wildman–Crippen LogP) is 3.48. The molecule has 2 bridgehead atoms. The van der Waals surface area contributed by atoms with Crippen LogP contribution in [0.15, 0.2) is 0 Å². The van der Waals surface area contributed by atoms with Gasteiger partial charge in [-0.25, -0.2) is 0 Å². The lowest BCUT2D eigenvalue weighted by molar-refractivity contribution is -0.199. The summed E-state index contributed by atoms with van der Waals surface area (Å²) in [7, 11) is -0.110. The molecule has 2 N–H and O–H groups in total. The van der Waals surface area contributed by atoms with Crippen molar-refractivity contribution < 1.29 is 19.2 Å². The molecule has 0 aromatic rings. The maximum atomic E-state index is 12.0. The molecule has 4 saturated carbocycles. The summed E-state index contributed by atoms with van der Waals surface area (Å²) in [4.78, 5) is 12.0. The summed E-state index contributed by atoms with van der Waals surface area (Å²) in [5, 5.41) is 13.3. The molecule has 0 radical (unpaired) electrons. The Morgan fingerprint density at radius 2 is 2.04 bits per heavy atom. The molecule has 0 aromatic heterocycles. The van der Waals surface area contributed by atoms with Crippen molar-refractivity contribution in [3.8, 4) is 0 Å². The fourth-order valence-electron chi connectivity index (χ4n) is 7.86. The first-order chi connectivity index (χ1) is 12.7. The van der Waals surface area contributed by atoms with Gasteiger partial charge in [-0.1, -0.05) is 26.7 Å². The maximum Gasteiger partial charge on any atom is 0.457 e. The summed E-state index contributed by atoms with van der Waals surface area (Å²) in [6.07, 6.45) is 9.33. The van der Waals surface area contributed by atoms with Crippen LogP contribution in [0.1, 0.15) is 72.1 Å². The van der Waals surface area contributed by atoms with E-state index in [0.717, 1.165) is 63.7 Å². The molecule has 2 heterocycles. The highest BCUT2D eigenvalue weighted by Crippen LogP contribution is 2.66. The second kappa shape index (κ2) is 5.73. The SMILES string of the molecule is CC1(C)[C@@H]2C[C@H]3OB(CCC[C@@]45CCC[C@]4(C(=O)O)NCC5)O[C@@]3(C)[C@H]1C2. The lowest BCUT2D eigenvalue weighted by Crippen LogP contribution is -2.65. The highest BCUT2D eigenvalue weighted by atomic mass is 16.7. The van der Waals surface area contributed by atoms with Gasteiger partial charge in [-0.15, -0.1) is 0 Å². The van der Waals surface area contributed by atoms with E-state index in [2.05, 4.69) is 26.1 Å². The van der Waals surface area contributed by atoms with Crippen molar-refractivity contribution in [3.63, 3.8) is 0 Å². The van der Waals surface area contributed by atoms with Gasteiger partial charge in [0, 0.05) is 5.41 Å². The molecule has 6 aliphatic rings. The van der Waals surface area contributed by atoms with E-state index >= 15 is 0 Å². The van der Waals surface area contributed by atoms with Gasteiger partial charge < -0.3 is 19.7 Å². The van der Waals surface area contributed by atoms with Gasteiger partial charge in [0.2, 0.25) is 0 Å². The van der Waals surface area contributed by atoms with Crippen molar-refractivity contribution in [2.75, 3.05) is 6.54 Å². The van der Waals surface area contributed by atoms with Gasteiger partial charge in [-0.3, -0.25) is 4.79 Å². The van der Waals surface area contributed by atoms with Crippen molar-refractivity contribution in [1.29, 1.82) is 0 Å². The summed E-state index contributed by atoms with van der Waals surface area (Å²) in [6, 6.07) is 0. The molecular formula is C21H34BNO4. The van der Waals surface area contributed by atoms with Gasteiger partial charge in [0.25, 0.3) is 0 Å². The Hall–Kier alpha value is -0.585. The molecule has 0 aromatic carbocycles. The second-order valence-corrected chi connectivity index (χ2v) is 10.8. The number of hydrogen-bond donors (Lipinski definition) is 2. The summed E-state index contributed by atoms with van der Waals surface area (Å²) in [5.41, 5.74) is -0.509. The van der Waals surface area contributed by atoms with E-state index in [-0.39, 0.29) is 24.2 Å². The van der Waals surface area contributed by atoms with Crippen LogP contribution in [0.2, 0.25) is 6.32 Å². The van der Waals surface area contributed by atoms with Crippen LogP contribution in [0.3, 0.4) is 0 Å². The quantitative estimate of drug-likeness (QED) is 0.720. The molecule has 2 saturated heterocycles. The van der Waals surface area contributed by atoms with Gasteiger partial charge in [-0.05, 0) is 75.6 Å². The molecule has 6 fully saturated rings. The summed E-state index contributed by atoms with van der Waals surface area (Å²) in [5.74, 6) is 0.735. The van der Waals surface area contributed by atoms with Gasteiger partial charge in [-0.2, -0.15) is 0 Å². The highest BCUT2D eigenvalue weighted by Gasteiger charge is 2.68. The topological polar surface area (TPSA) is 67.8 Å². The van der Waals surface area contributed by atoms with Crippen LogP contribution >= 0.6 is 0 Å². The first-order valence-corrected chi connectivity index (χ1v) is 11.1. The highest BCUT2D eigenvalue weighted by molar-refractivity contribution is 6.45. The van der Waals surface area contributed by atoms with Crippen LogP contribution in [-0.2, 0) is 14.1 Å². The van der Waals surface area contributed by atoms with Crippen LogP contribution in [0.4, 0.5) is 0 Å². The third kappa shape index (κ3) is 2.27. The first kappa shape index (κ1) is 18.4. The van der Waals surface area contributed by atoms with E-state index in [4.69, 9.17) is 9.31 Å². The average Bonchev–Trinajstić information content (AvgIpc) is 3.22. The van der Waals surface area contributed by atoms with Crippen molar-refractivity contribution in [1.82, 2.24) is 5.32 Å². The number of aliphatic carboxylic acids is 1. The van der Waals surface area contributed by atoms with E-state index in [9.17, 15) is 9.90 Å². The number of rotatable bonds is 5. The van der Waals surface area contributed by atoms with E-state index in [1.807, 2.05) is 0 Å². The van der Waals surface area contributed by atoms with Gasteiger partial charge >= 0.3 is 13.1 Å². The van der Waals surface area contributed by atoms with E-state index < -0.39 is 11.5 Å². The first-order valence-electron chi connectivity index (χ1n) is 11.1. The number of carboxylic acids is 1. The third-order valence-electron chi connectivity index (χ3n) is 9.60. The van der Waals surface area contributed by atoms with E-state index in [1.54, 1.807) is 0 Å². The smallest absolute Gasteiger partial charge is 0.457 e. The molecular weight excluding hydrogens is 341 g/mol. The second-order valence-electron chi connectivity index (χ2n) is 10.8. The zero-order valence-electron chi connectivity index (χ0n) is 17.1. The Kier molecular flexibility index (Phi) is 3.91. The van der Waals surface area contributed by atoms with Crippen LogP contribution in [0.25, 0.3) is 0 Å². The predicted molar refractivity (Wildman–Crippen MR) is 103 cm³/mol. The van der Waals surface area contributed by atoms with E-state index in [0.29, 0.717) is 11.3 Å². The third-order valence-corrected chi connectivity index (χ3v) is 9.60. The van der Waals surface area contributed by atoms with Gasteiger partial charge in [0.1, 0.15) is 5.54 Å². The Morgan fingerprint density at radius 3 is 2.78 bits per heavy atom. The Bertz CT molecular complexity index is 642. The number of fused-ring (bicyclic) bond motifs is 1. The molecule has 5 nitrogen and oxygen atoms in total. The molecule has 6 heteroatoms. The van der Waals surface area contributed by atoms with Crippen molar-refractivity contribution >= 4 is 13.1 Å². The number of carboxylic acid groups (broad SMARTS) is 1. The lowest BCUT2D eigenvalue weighted by atomic mass is 9.43. The summed E-state index contributed by atoms with van der Waals surface area (Å²) in [6.45, 7) is 7.89. The summed E-state index contributed by atoms with van der Waals surface area (Å²) >= 11 is 0. The Balaban J connectivity index is 1.22. The monoisotopic (exact) mass is 375 g/mol. The van der Waals surface area contributed by atoms with E-state index in [1.165, 1.54) is 6.42 Å². The summed E-state index contributed by atoms with van der Waals surface area (Å²) < 4.78 is 12.9. The molecule has 0 amide bonds. The minimum Gasteiger partial charge on any atom is -0.480 e. The van der Waals surface area contributed by atoms with Gasteiger partial charge in [0.15, 0.2) is 0 Å². The maximum absolute atomic E-state index is 12.0. The molecule has 27 heavy (non-hydrogen) atoms. The van der Waals surface area contributed by atoms with Crippen LogP contribution in [0, 0.1) is 22.7 Å². The zero-order chi connectivity index (χ0) is 19.1. The van der Waals surface area contributed by atoms with Gasteiger partial charge in [0.05, 0.1) is 11.7 Å². The number of carbonyl (C=O) groups is 1. The largest absolute Gasteiger partial charge is 0.480 e. The van der Waals surface area contributed by atoms with Crippen molar-refractivity contribution in [2.24, 2.45) is 22.7 Å². The van der Waals surface area contributed by atoms with Crippen LogP contribution in [-0.4, -0.2) is 42.0 Å². The number of hydrogen-bond acceptors (Lipinski definition) is 4. The van der Waals surface area contributed by atoms with Crippen molar-refractivity contribution in [3.05, 3.63) is 0 Å². The van der Waals surface area contributed by atoms with Crippen molar-refractivity contribution in [2.45, 2.75) is 95.7 Å². The average molecular weight is 375 g/mol. The fourth-order valence-corrected chi connectivity index (χ4v) is 7.86. The Morgan fingerprint density at radius 1 is 1.22 bits per heavy atom. The fraction of sp³-hybridized carbons (Fsp3) is 0.952. The Labute approximate surface area is 163 Å². The zero-order valence-corrected chi connectivity index (χ0v) is 17.1. The molecule has 2 aliphatic heterocycles. The molecule has 4 aliphatic carbocycles. The molecule has 0 spiro atoms. The standard InChI is InChI=1S/C21H34BNO4/c1-18(2)14-12-15(18)19(3)16(13-14)26-22(27-19)10-5-7-20-6-4-8-21(20,17(24)25)23-11-9-20/h14-16,23H,4-13H2,1-3H3,(H,24,25)/t14-,15-,16+,19-,20+,21+/m0/s1. The normalized spacial score (nSPS) is 49.6. The van der Waals surface area contributed by atoms with Crippen LogP contribution in [0.5, 0.6) is 0 Å². The number of nitrogens with one attached hydrogen (secondary N) is 1. The minimum atomic E-state index is -0.685. The molecule has 150 valence electrons. The minimum absolute atomic E-state index is 0.0717. The van der Waals surface area contributed by atoms with Crippen LogP contribution < -0.4 is 5.32 Å². The molecule has 6 atom stereocenters. The lowest BCUT2D eigenvalue weighted by Gasteiger charge is -2.64.